The van der Waals surface area contributed by atoms with E-state index in [4.69, 9.17) is 0 Å². The summed E-state index contributed by atoms with van der Waals surface area (Å²) in [5.41, 5.74) is 4.66. The van der Waals surface area contributed by atoms with Gasteiger partial charge in [-0.3, -0.25) is 0 Å². The fourth-order valence-electron chi connectivity index (χ4n) is 2.49. The van der Waals surface area contributed by atoms with Crippen LogP contribution in [0.3, 0.4) is 0 Å². The van der Waals surface area contributed by atoms with Crippen molar-refractivity contribution in [1.29, 1.82) is 0 Å². The molecule has 1 aromatic heterocycles. The van der Waals surface area contributed by atoms with Gasteiger partial charge < -0.3 is 0 Å². The summed E-state index contributed by atoms with van der Waals surface area (Å²) in [6.07, 6.45) is 3.36. The molecule has 3 rings (SSSR count). The van der Waals surface area contributed by atoms with Crippen molar-refractivity contribution >= 4 is 11.3 Å². The fraction of sp³-hybridized carbons (Fsp3) is 0.286. The number of thiophene rings is 1. The van der Waals surface area contributed by atoms with E-state index in [1.54, 1.807) is 17.4 Å². The summed E-state index contributed by atoms with van der Waals surface area (Å²) >= 11 is 1.74. The van der Waals surface area contributed by atoms with Gasteiger partial charge in [0.1, 0.15) is 5.82 Å². The standard InChI is InChI=1S/C14H13FS/c1-9-12(15)6-5-10-3-2-4-11-7-8-16-14(11)13(9)10/h5-8H,2-4H2,1H3. The number of rotatable bonds is 0. The molecule has 2 heteroatoms. The third kappa shape index (κ3) is 1.40. The molecule has 0 bridgehead atoms. The molecule has 1 aliphatic carbocycles. The van der Waals surface area contributed by atoms with Crippen LogP contribution < -0.4 is 0 Å². The van der Waals surface area contributed by atoms with Crippen LogP contribution in [0.25, 0.3) is 10.4 Å². The van der Waals surface area contributed by atoms with Gasteiger partial charge in [0.25, 0.3) is 0 Å². The van der Waals surface area contributed by atoms with Crippen molar-refractivity contribution < 1.29 is 4.39 Å². The smallest absolute Gasteiger partial charge is 0.126 e. The third-order valence-corrected chi connectivity index (χ3v) is 4.33. The van der Waals surface area contributed by atoms with Crippen LogP contribution in [0.4, 0.5) is 4.39 Å². The van der Waals surface area contributed by atoms with Crippen LogP contribution in [-0.2, 0) is 12.8 Å². The van der Waals surface area contributed by atoms with Gasteiger partial charge in [-0.1, -0.05) is 6.07 Å². The molecule has 1 aliphatic rings. The maximum atomic E-state index is 13.6. The van der Waals surface area contributed by atoms with E-state index in [2.05, 4.69) is 11.4 Å². The summed E-state index contributed by atoms with van der Waals surface area (Å²) in [6.45, 7) is 1.89. The Labute approximate surface area is 98.7 Å². The minimum absolute atomic E-state index is 0.0833. The lowest BCUT2D eigenvalue weighted by Gasteiger charge is -2.10. The third-order valence-electron chi connectivity index (χ3n) is 3.35. The predicted octanol–water partition coefficient (Wildman–Crippen LogP) is 4.35. The fourth-order valence-corrected chi connectivity index (χ4v) is 3.58. The first kappa shape index (κ1) is 10.0. The molecule has 16 heavy (non-hydrogen) atoms. The first-order valence-electron chi connectivity index (χ1n) is 5.62. The molecule has 0 saturated heterocycles. The van der Waals surface area contributed by atoms with Gasteiger partial charge in [-0.15, -0.1) is 11.3 Å². The van der Waals surface area contributed by atoms with Gasteiger partial charge in [-0.05, 0) is 60.4 Å². The Morgan fingerprint density at radius 1 is 1.12 bits per heavy atom. The van der Waals surface area contributed by atoms with E-state index in [9.17, 15) is 4.39 Å². The lowest BCUT2D eigenvalue weighted by molar-refractivity contribution is 0.618. The van der Waals surface area contributed by atoms with E-state index in [1.165, 1.54) is 22.4 Å². The van der Waals surface area contributed by atoms with Crippen LogP contribution in [-0.4, -0.2) is 0 Å². The molecule has 0 radical (unpaired) electrons. The van der Waals surface area contributed by atoms with Crippen LogP contribution in [0.15, 0.2) is 23.6 Å². The molecule has 0 N–H and O–H groups in total. The Bertz CT molecular complexity index is 540. The molecule has 0 amide bonds. The molecule has 0 fully saturated rings. The van der Waals surface area contributed by atoms with Crippen molar-refractivity contribution in [3.63, 3.8) is 0 Å². The maximum absolute atomic E-state index is 13.6. The van der Waals surface area contributed by atoms with Gasteiger partial charge in [0.15, 0.2) is 0 Å². The first-order chi connectivity index (χ1) is 7.77. The zero-order valence-electron chi connectivity index (χ0n) is 9.22. The second-order valence-electron chi connectivity index (χ2n) is 4.34. The van der Waals surface area contributed by atoms with E-state index in [-0.39, 0.29) is 5.82 Å². The molecule has 0 spiro atoms. The highest BCUT2D eigenvalue weighted by Crippen LogP contribution is 2.39. The van der Waals surface area contributed by atoms with Crippen molar-refractivity contribution in [2.24, 2.45) is 0 Å². The monoisotopic (exact) mass is 232 g/mol. The average molecular weight is 232 g/mol. The van der Waals surface area contributed by atoms with Gasteiger partial charge in [0.05, 0.1) is 0 Å². The quantitative estimate of drug-likeness (QED) is 0.633. The molecule has 82 valence electrons. The van der Waals surface area contributed by atoms with Crippen molar-refractivity contribution in [3.8, 4) is 10.4 Å². The number of hydrogen-bond acceptors (Lipinski definition) is 1. The highest BCUT2D eigenvalue weighted by atomic mass is 32.1. The Morgan fingerprint density at radius 2 is 1.94 bits per heavy atom. The van der Waals surface area contributed by atoms with Crippen LogP contribution >= 0.6 is 11.3 Å². The SMILES string of the molecule is Cc1c(F)ccc2c1-c1sccc1CCC2. The number of aryl methyl sites for hydroxylation is 2. The van der Waals surface area contributed by atoms with E-state index in [0.717, 1.165) is 24.0 Å². The van der Waals surface area contributed by atoms with Crippen LogP contribution in [0, 0.1) is 12.7 Å². The van der Waals surface area contributed by atoms with Crippen molar-refractivity contribution in [1.82, 2.24) is 0 Å². The van der Waals surface area contributed by atoms with Crippen molar-refractivity contribution in [2.45, 2.75) is 26.2 Å². The molecule has 0 aliphatic heterocycles. The van der Waals surface area contributed by atoms with Gasteiger partial charge in [0, 0.05) is 10.4 Å². The second kappa shape index (κ2) is 3.70. The molecule has 0 saturated carbocycles. The molecule has 0 atom stereocenters. The number of halogens is 1. The summed E-state index contributed by atoms with van der Waals surface area (Å²) in [5, 5.41) is 2.12. The van der Waals surface area contributed by atoms with Crippen molar-refractivity contribution in [2.75, 3.05) is 0 Å². The van der Waals surface area contributed by atoms with Gasteiger partial charge in [-0.2, -0.15) is 0 Å². The van der Waals surface area contributed by atoms with E-state index < -0.39 is 0 Å². The van der Waals surface area contributed by atoms with Crippen LogP contribution in [0.2, 0.25) is 0 Å². The molecule has 1 heterocycles. The topological polar surface area (TPSA) is 0 Å². The number of fused-ring (bicyclic) bond motifs is 3. The molecule has 2 aromatic rings. The van der Waals surface area contributed by atoms with Gasteiger partial charge in [0.2, 0.25) is 0 Å². The lowest BCUT2D eigenvalue weighted by atomic mass is 9.98. The average Bonchev–Trinajstić information content (AvgIpc) is 2.65. The summed E-state index contributed by atoms with van der Waals surface area (Å²) < 4.78 is 13.6. The Morgan fingerprint density at radius 3 is 2.81 bits per heavy atom. The van der Waals surface area contributed by atoms with Gasteiger partial charge >= 0.3 is 0 Å². The summed E-state index contributed by atoms with van der Waals surface area (Å²) in [5.74, 6) is -0.0833. The summed E-state index contributed by atoms with van der Waals surface area (Å²) in [7, 11) is 0. The van der Waals surface area contributed by atoms with Crippen molar-refractivity contribution in [3.05, 3.63) is 46.1 Å². The highest BCUT2D eigenvalue weighted by molar-refractivity contribution is 7.13. The minimum atomic E-state index is -0.0833. The zero-order chi connectivity index (χ0) is 11.1. The first-order valence-corrected chi connectivity index (χ1v) is 6.50. The molecular formula is C14H13FS. The predicted molar refractivity (Wildman–Crippen MR) is 66.5 cm³/mol. The van der Waals surface area contributed by atoms with E-state index >= 15 is 0 Å². The highest BCUT2D eigenvalue weighted by Gasteiger charge is 2.18. The normalized spacial score (nSPS) is 14.1. The van der Waals surface area contributed by atoms with Crippen LogP contribution in [0.1, 0.15) is 23.1 Å². The minimum Gasteiger partial charge on any atom is -0.207 e. The molecule has 1 aromatic carbocycles. The number of hydrogen-bond donors (Lipinski definition) is 0. The van der Waals surface area contributed by atoms with Crippen LogP contribution in [0.5, 0.6) is 0 Å². The molecule has 0 unspecified atom stereocenters. The largest absolute Gasteiger partial charge is 0.207 e. The molecule has 0 nitrogen and oxygen atoms in total. The van der Waals surface area contributed by atoms with E-state index in [1.807, 2.05) is 13.0 Å². The van der Waals surface area contributed by atoms with Gasteiger partial charge in [-0.25, -0.2) is 4.39 Å². The van der Waals surface area contributed by atoms with E-state index in [0.29, 0.717) is 0 Å². The second-order valence-corrected chi connectivity index (χ2v) is 5.25. The Balaban J connectivity index is 2.33. The Kier molecular flexibility index (Phi) is 2.32. The maximum Gasteiger partial charge on any atom is 0.126 e. The summed E-state index contributed by atoms with van der Waals surface area (Å²) in [4.78, 5) is 1.28. The Hall–Kier alpha value is -1.15. The molecular weight excluding hydrogens is 219 g/mol. The lowest BCUT2D eigenvalue weighted by Crippen LogP contribution is -1.93. The summed E-state index contributed by atoms with van der Waals surface area (Å²) in [6, 6.07) is 5.73. The zero-order valence-corrected chi connectivity index (χ0v) is 10.0. The number of benzene rings is 1.